The summed E-state index contributed by atoms with van der Waals surface area (Å²) in [6, 6.07) is 10.4. The minimum atomic E-state index is -4.50. The van der Waals surface area contributed by atoms with Crippen molar-refractivity contribution < 1.29 is 18.0 Å². The van der Waals surface area contributed by atoms with Gasteiger partial charge in [-0.15, -0.1) is 0 Å². The summed E-state index contributed by atoms with van der Waals surface area (Å²) in [5.74, 6) is 0. The van der Waals surface area contributed by atoms with Crippen LogP contribution in [0, 0.1) is 12.3 Å². The van der Waals surface area contributed by atoms with E-state index >= 15 is 0 Å². The zero-order valence-electron chi connectivity index (χ0n) is 18.1. The van der Waals surface area contributed by atoms with E-state index in [4.69, 9.17) is 5.41 Å². The van der Waals surface area contributed by atoms with Crippen LogP contribution in [0.15, 0.2) is 64.8 Å². The van der Waals surface area contributed by atoms with E-state index in [0.717, 1.165) is 11.8 Å². The van der Waals surface area contributed by atoms with Crippen LogP contribution in [-0.2, 0) is 0 Å². The van der Waals surface area contributed by atoms with Gasteiger partial charge in [-0.1, -0.05) is 12.1 Å². The second kappa shape index (κ2) is 9.62. The van der Waals surface area contributed by atoms with Crippen molar-refractivity contribution in [1.82, 2.24) is 24.7 Å². The fraction of sp³-hybridized carbons (Fsp3) is 0.136. The minimum Gasteiger partial charge on any atom is -0.329 e. The lowest BCUT2D eigenvalue weighted by atomic mass is 10.1. The second-order valence-corrected chi connectivity index (χ2v) is 8.41. The number of thioether (sulfide) groups is 1. The molecule has 2 amide bonds. The highest BCUT2D eigenvalue weighted by Gasteiger charge is 2.27. The number of nitrogens with one attached hydrogen (secondary N) is 4. The number of pyridine rings is 1. The molecule has 0 atom stereocenters. The number of H-pyrrole nitrogens is 1. The van der Waals surface area contributed by atoms with Gasteiger partial charge >= 0.3 is 12.2 Å². The molecule has 0 unspecified atom stereocenters. The van der Waals surface area contributed by atoms with Gasteiger partial charge in [0.05, 0.1) is 11.9 Å². The summed E-state index contributed by atoms with van der Waals surface area (Å²) in [6.45, 7) is 0.262. The molecule has 0 aliphatic rings. The van der Waals surface area contributed by atoms with Crippen molar-refractivity contribution in [1.29, 1.82) is 5.41 Å². The lowest BCUT2D eigenvalue weighted by Crippen LogP contribution is -2.36. The van der Waals surface area contributed by atoms with Crippen molar-refractivity contribution in [2.24, 2.45) is 0 Å². The van der Waals surface area contributed by atoms with Gasteiger partial charge in [-0.3, -0.25) is 14.6 Å². The number of anilines is 1. The van der Waals surface area contributed by atoms with Crippen LogP contribution in [0.2, 0.25) is 0 Å². The van der Waals surface area contributed by atoms with Crippen molar-refractivity contribution >= 4 is 34.2 Å². The smallest absolute Gasteiger partial charge is 0.329 e. The number of urea groups is 1. The molecule has 4 aromatic rings. The first-order chi connectivity index (χ1) is 16.6. The summed E-state index contributed by atoms with van der Waals surface area (Å²) in [7, 11) is 0. The van der Waals surface area contributed by atoms with Crippen LogP contribution in [0.3, 0.4) is 0 Å². The number of carbonyl (C=O) groups excluding carboxylic acids is 1. The number of hydrogen-bond donors (Lipinski definition) is 4. The van der Waals surface area contributed by atoms with Gasteiger partial charge in [0.15, 0.2) is 5.16 Å². The van der Waals surface area contributed by atoms with E-state index in [1.165, 1.54) is 6.07 Å². The Morgan fingerprint density at radius 2 is 2.03 bits per heavy atom. The molecule has 0 bridgehead atoms. The standard InChI is InChI=1S/C22H18F3N7O2S/c1-12-7-18(33)31-21(29-12)35-19(26)14-5-6-32-16(10-27-17(32)9-14)13-3-2-4-15(8-13)30-20(34)28-11-22(23,24)25/h2-10,26H,11H2,1H3,(H2,28,30,34)(H,29,31,33). The predicted octanol–water partition coefficient (Wildman–Crippen LogP) is 4.19. The Bertz CT molecular complexity index is 1480. The van der Waals surface area contributed by atoms with E-state index in [1.807, 2.05) is 0 Å². The molecule has 4 N–H and O–H groups in total. The fourth-order valence-electron chi connectivity index (χ4n) is 3.20. The maximum absolute atomic E-state index is 12.3. The second-order valence-electron chi connectivity index (χ2n) is 7.41. The number of fused-ring (bicyclic) bond motifs is 1. The summed E-state index contributed by atoms with van der Waals surface area (Å²) < 4.78 is 38.6. The quantitative estimate of drug-likeness (QED) is 0.141. The highest BCUT2D eigenvalue weighted by Crippen LogP contribution is 2.26. The molecule has 13 heteroatoms. The molecule has 0 fully saturated rings. The number of benzene rings is 1. The van der Waals surface area contributed by atoms with Crippen LogP contribution in [-0.4, -0.2) is 43.1 Å². The van der Waals surface area contributed by atoms with Gasteiger partial charge in [0.1, 0.15) is 17.2 Å². The van der Waals surface area contributed by atoms with E-state index in [9.17, 15) is 22.8 Å². The highest BCUT2D eigenvalue weighted by molar-refractivity contribution is 8.14. The summed E-state index contributed by atoms with van der Waals surface area (Å²) in [5, 5.41) is 13.0. The molecule has 9 nitrogen and oxygen atoms in total. The lowest BCUT2D eigenvalue weighted by molar-refractivity contribution is -0.122. The third kappa shape index (κ3) is 6.06. The molecule has 0 saturated carbocycles. The van der Waals surface area contributed by atoms with Crippen molar-refractivity contribution in [2.75, 3.05) is 11.9 Å². The molecule has 0 saturated heterocycles. The van der Waals surface area contributed by atoms with Gasteiger partial charge < -0.3 is 15.6 Å². The Morgan fingerprint density at radius 3 is 2.77 bits per heavy atom. The number of carbonyl (C=O) groups is 1. The number of rotatable bonds is 5. The molecule has 0 aliphatic carbocycles. The topological polar surface area (TPSA) is 128 Å². The number of hydrogen-bond acceptors (Lipinski definition) is 6. The van der Waals surface area contributed by atoms with Gasteiger partial charge in [0.2, 0.25) is 0 Å². The molecule has 0 radical (unpaired) electrons. The number of nitrogens with zero attached hydrogens (tertiary/aromatic N) is 3. The molecular weight excluding hydrogens is 483 g/mol. The number of alkyl halides is 3. The van der Waals surface area contributed by atoms with Crippen molar-refractivity contribution in [3.63, 3.8) is 0 Å². The normalized spacial score (nSPS) is 11.4. The average molecular weight is 501 g/mol. The SMILES string of the molecule is Cc1cc(=O)[nH]c(SC(=N)c2ccn3c(-c4cccc(NC(=O)NCC(F)(F)F)c4)cnc3c2)n1. The highest BCUT2D eigenvalue weighted by atomic mass is 32.2. The lowest BCUT2D eigenvalue weighted by Gasteiger charge is -2.11. The number of aromatic nitrogens is 4. The zero-order chi connectivity index (χ0) is 25.2. The summed E-state index contributed by atoms with van der Waals surface area (Å²) in [5.41, 5.74) is 3.03. The monoisotopic (exact) mass is 501 g/mol. The fourth-order valence-corrected chi connectivity index (χ4v) is 3.98. The maximum atomic E-state index is 12.3. The first-order valence-corrected chi connectivity index (χ1v) is 10.9. The van der Waals surface area contributed by atoms with Crippen LogP contribution in [0.1, 0.15) is 11.3 Å². The predicted molar refractivity (Wildman–Crippen MR) is 126 cm³/mol. The first-order valence-electron chi connectivity index (χ1n) is 10.1. The minimum absolute atomic E-state index is 0.168. The Hall–Kier alpha value is -4.13. The zero-order valence-corrected chi connectivity index (χ0v) is 18.9. The van der Waals surface area contributed by atoms with Crippen molar-refractivity contribution in [2.45, 2.75) is 18.3 Å². The maximum Gasteiger partial charge on any atom is 0.405 e. The van der Waals surface area contributed by atoms with Crippen LogP contribution in [0.5, 0.6) is 0 Å². The Kier molecular flexibility index (Phi) is 6.60. The number of halogens is 3. The van der Waals surface area contributed by atoms with E-state index in [-0.39, 0.29) is 10.6 Å². The van der Waals surface area contributed by atoms with Crippen LogP contribution in [0.4, 0.5) is 23.7 Å². The molecule has 35 heavy (non-hydrogen) atoms. The Morgan fingerprint density at radius 1 is 1.23 bits per heavy atom. The van der Waals surface area contributed by atoms with E-state index in [0.29, 0.717) is 39.0 Å². The molecule has 0 spiro atoms. The molecule has 180 valence electrons. The average Bonchev–Trinajstić information content (AvgIpc) is 3.20. The number of aryl methyl sites for hydroxylation is 1. The van der Waals surface area contributed by atoms with Gasteiger partial charge in [-0.25, -0.2) is 14.8 Å². The van der Waals surface area contributed by atoms with Crippen molar-refractivity contribution in [3.05, 3.63) is 76.5 Å². The van der Waals surface area contributed by atoms with Gasteiger partial charge in [-0.2, -0.15) is 13.2 Å². The number of imidazole rings is 1. The van der Waals surface area contributed by atoms with E-state index < -0.39 is 18.8 Å². The molecule has 0 aliphatic heterocycles. The third-order valence-electron chi connectivity index (χ3n) is 4.69. The number of amides is 2. The summed E-state index contributed by atoms with van der Waals surface area (Å²) in [6.07, 6.45) is -1.17. The largest absolute Gasteiger partial charge is 0.405 e. The van der Waals surface area contributed by atoms with Crippen LogP contribution in [0.25, 0.3) is 16.9 Å². The molecule has 3 heterocycles. The van der Waals surface area contributed by atoms with Crippen LogP contribution < -0.4 is 16.2 Å². The Balaban J connectivity index is 1.52. The van der Waals surface area contributed by atoms with E-state index in [1.54, 1.807) is 65.4 Å². The van der Waals surface area contributed by atoms with Gasteiger partial charge in [0.25, 0.3) is 5.56 Å². The summed E-state index contributed by atoms with van der Waals surface area (Å²) >= 11 is 1.01. The van der Waals surface area contributed by atoms with Gasteiger partial charge in [-0.05, 0) is 43.0 Å². The third-order valence-corrected chi connectivity index (χ3v) is 5.51. The van der Waals surface area contributed by atoms with E-state index in [2.05, 4.69) is 20.3 Å². The molecule has 1 aromatic carbocycles. The molecule has 4 rings (SSSR count). The number of aromatic amines is 1. The van der Waals surface area contributed by atoms with Gasteiger partial charge in [0, 0.05) is 34.8 Å². The Labute approximate surface area is 200 Å². The first kappa shape index (κ1) is 24.0. The van der Waals surface area contributed by atoms with Crippen molar-refractivity contribution in [3.8, 4) is 11.3 Å². The molecule has 3 aromatic heterocycles. The molecular formula is C22H18F3N7O2S. The van der Waals surface area contributed by atoms with Crippen LogP contribution >= 0.6 is 11.8 Å². The summed E-state index contributed by atoms with van der Waals surface area (Å²) in [4.78, 5) is 34.6.